The topological polar surface area (TPSA) is 63.7 Å². The minimum absolute atomic E-state index is 0.297. The summed E-state index contributed by atoms with van der Waals surface area (Å²) < 4.78 is 46.1. The van der Waals surface area contributed by atoms with Crippen molar-refractivity contribution in [2.75, 3.05) is 6.61 Å². The number of aromatic amines is 1. The number of benzene rings is 2. The number of hydrogen-bond donors (Lipinski definition) is 1. The van der Waals surface area contributed by atoms with Crippen LogP contribution in [0.25, 0.3) is 31.8 Å². The number of halogens is 3. The van der Waals surface area contributed by atoms with Crippen LogP contribution >= 0.6 is 11.3 Å². The zero-order chi connectivity index (χ0) is 20.7. The number of rotatable bonds is 5. The zero-order valence-electron chi connectivity index (χ0n) is 15.3. The molecule has 0 aliphatic rings. The number of H-pyrrole nitrogens is 1. The van der Waals surface area contributed by atoms with Gasteiger partial charge >= 0.3 is 0 Å². The van der Waals surface area contributed by atoms with Gasteiger partial charge in [0.1, 0.15) is 17.2 Å². The summed E-state index contributed by atoms with van der Waals surface area (Å²) in [6, 6.07) is 8.20. The van der Waals surface area contributed by atoms with Crippen LogP contribution in [0.4, 0.5) is 13.2 Å². The van der Waals surface area contributed by atoms with Gasteiger partial charge in [-0.1, -0.05) is 11.3 Å². The van der Waals surface area contributed by atoms with E-state index in [1.165, 1.54) is 35.9 Å². The molecule has 0 aliphatic heterocycles. The van der Waals surface area contributed by atoms with Gasteiger partial charge in [0.05, 0.1) is 6.61 Å². The zero-order valence-corrected chi connectivity index (χ0v) is 16.1. The van der Waals surface area contributed by atoms with Gasteiger partial charge in [-0.05, 0) is 42.0 Å². The first-order valence-electron chi connectivity index (χ1n) is 9.04. The number of nitrogens with zero attached hydrogens (tertiary/aromatic N) is 3. The van der Waals surface area contributed by atoms with Crippen molar-refractivity contribution in [1.82, 2.24) is 19.9 Å². The molecule has 0 amide bonds. The second-order valence-corrected chi connectivity index (χ2v) is 7.56. The Bertz CT molecular complexity index is 1380. The first-order valence-corrected chi connectivity index (χ1v) is 9.85. The van der Waals surface area contributed by atoms with E-state index < -0.39 is 11.6 Å². The van der Waals surface area contributed by atoms with Crippen LogP contribution in [0.3, 0.4) is 0 Å². The number of aromatic nitrogens is 4. The van der Waals surface area contributed by atoms with E-state index in [1.54, 1.807) is 6.07 Å². The van der Waals surface area contributed by atoms with Crippen LogP contribution in [0.1, 0.15) is 5.56 Å². The van der Waals surface area contributed by atoms with Crippen LogP contribution in [0.5, 0.6) is 5.88 Å². The maximum absolute atomic E-state index is 13.6. The maximum atomic E-state index is 13.6. The highest BCUT2D eigenvalue weighted by Crippen LogP contribution is 2.33. The molecule has 0 unspecified atom stereocenters. The molecule has 3 aromatic heterocycles. The van der Waals surface area contributed by atoms with E-state index in [-0.39, 0.29) is 5.82 Å². The van der Waals surface area contributed by atoms with Crippen LogP contribution in [0.2, 0.25) is 0 Å². The molecule has 30 heavy (non-hydrogen) atoms. The average molecular weight is 426 g/mol. The molecule has 0 bridgehead atoms. The normalized spacial score (nSPS) is 11.4. The van der Waals surface area contributed by atoms with Crippen molar-refractivity contribution in [1.29, 1.82) is 0 Å². The van der Waals surface area contributed by atoms with Crippen molar-refractivity contribution in [2.24, 2.45) is 0 Å². The number of ether oxygens (including phenoxy) is 1. The Hall–Kier alpha value is -3.46. The molecule has 0 saturated carbocycles. The quantitative estimate of drug-likeness (QED) is 0.416. The summed E-state index contributed by atoms with van der Waals surface area (Å²) in [7, 11) is 0. The van der Waals surface area contributed by atoms with E-state index in [0.717, 1.165) is 28.6 Å². The predicted molar refractivity (Wildman–Crippen MR) is 108 cm³/mol. The second-order valence-electron chi connectivity index (χ2n) is 6.58. The van der Waals surface area contributed by atoms with Gasteiger partial charge < -0.3 is 9.72 Å². The summed E-state index contributed by atoms with van der Waals surface area (Å²) in [4.78, 5) is 16.5. The van der Waals surface area contributed by atoms with Gasteiger partial charge in [0.15, 0.2) is 22.0 Å². The Labute approximate surface area is 172 Å². The highest BCUT2D eigenvalue weighted by atomic mass is 32.1. The van der Waals surface area contributed by atoms with Gasteiger partial charge in [0.25, 0.3) is 0 Å². The number of fused-ring (bicyclic) bond motifs is 2. The fourth-order valence-corrected chi connectivity index (χ4v) is 4.10. The van der Waals surface area contributed by atoms with Gasteiger partial charge in [-0.15, -0.1) is 0 Å². The molecule has 2 aromatic carbocycles. The Balaban J connectivity index is 1.38. The van der Waals surface area contributed by atoms with E-state index in [0.29, 0.717) is 39.8 Å². The molecule has 1 N–H and O–H groups in total. The number of thiazole rings is 1. The summed E-state index contributed by atoms with van der Waals surface area (Å²) in [5.41, 5.74) is 2.68. The lowest BCUT2D eigenvalue weighted by atomic mass is 10.1. The van der Waals surface area contributed by atoms with Crippen molar-refractivity contribution < 1.29 is 17.9 Å². The molecule has 0 atom stereocenters. The van der Waals surface area contributed by atoms with Crippen molar-refractivity contribution >= 4 is 32.6 Å². The van der Waals surface area contributed by atoms with Gasteiger partial charge in [0.2, 0.25) is 5.88 Å². The predicted octanol–water partition coefficient (Wildman–Crippen LogP) is 5.27. The second kappa shape index (κ2) is 7.42. The molecular weight excluding hydrogens is 413 g/mol. The van der Waals surface area contributed by atoms with Crippen molar-refractivity contribution in [2.45, 2.75) is 6.42 Å². The standard InChI is InChI=1S/C21H13F3N4OS/c22-13-2-4-17-14(8-13)12(9-25-17)5-6-29-19-18-21(27-10-26-19)30-20(28-18)11-1-3-15(23)16(24)7-11/h1-4,7-10,25H,5-6H2. The molecular formula is C21H13F3N4OS. The van der Waals surface area contributed by atoms with Gasteiger partial charge in [-0.3, -0.25) is 0 Å². The summed E-state index contributed by atoms with van der Waals surface area (Å²) in [5.74, 6) is -1.85. The molecule has 3 heterocycles. The molecule has 0 aliphatic carbocycles. The van der Waals surface area contributed by atoms with Crippen LogP contribution in [0.15, 0.2) is 48.9 Å². The fraction of sp³-hybridized carbons (Fsp3) is 0.0952. The molecule has 0 spiro atoms. The van der Waals surface area contributed by atoms with E-state index in [4.69, 9.17) is 4.74 Å². The average Bonchev–Trinajstić information content (AvgIpc) is 3.35. The first kappa shape index (κ1) is 18.6. The van der Waals surface area contributed by atoms with Crippen LogP contribution in [0, 0.1) is 17.5 Å². The van der Waals surface area contributed by atoms with Gasteiger partial charge in [-0.2, -0.15) is 4.98 Å². The summed E-state index contributed by atoms with van der Waals surface area (Å²) in [6.45, 7) is 0.299. The van der Waals surface area contributed by atoms with Crippen molar-refractivity contribution in [3.05, 3.63) is 71.9 Å². The van der Waals surface area contributed by atoms with E-state index in [1.807, 2.05) is 6.20 Å². The minimum atomic E-state index is -0.940. The molecule has 0 fully saturated rings. The van der Waals surface area contributed by atoms with Gasteiger partial charge in [-0.25, -0.2) is 23.1 Å². The van der Waals surface area contributed by atoms with Crippen LogP contribution < -0.4 is 4.74 Å². The maximum Gasteiger partial charge on any atom is 0.244 e. The minimum Gasteiger partial charge on any atom is -0.476 e. The largest absolute Gasteiger partial charge is 0.476 e. The molecule has 0 saturated heterocycles. The van der Waals surface area contributed by atoms with Crippen LogP contribution in [-0.2, 0) is 6.42 Å². The van der Waals surface area contributed by atoms with Crippen molar-refractivity contribution in [3.63, 3.8) is 0 Å². The Morgan fingerprint density at radius 3 is 2.77 bits per heavy atom. The SMILES string of the molecule is Fc1ccc2[nH]cc(CCOc3ncnc4sc(-c5ccc(F)c(F)c5)nc34)c2c1. The molecule has 150 valence electrons. The molecule has 5 nitrogen and oxygen atoms in total. The van der Waals surface area contributed by atoms with Crippen molar-refractivity contribution in [3.8, 4) is 16.5 Å². The first-order chi connectivity index (χ1) is 14.6. The highest BCUT2D eigenvalue weighted by Gasteiger charge is 2.15. The molecule has 9 heteroatoms. The monoisotopic (exact) mass is 426 g/mol. The number of nitrogens with one attached hydrogen (secondary N) is 1. The summed E-state index contributed by atoms with van der Waals surface area (Å²) >= 11 is 1.24. The smallest absolute Gasteiger partial charge is 0.244 e. The van der Waals surface area contributed by atoms with E-state index in [9.17, 15) is 13.2 Å². The highest BCUT2D eigenvalue weighted by molar-refractivity contribution is 7.21. The third kappa shape index (κ3) is 3.37. The summed E-state index contributed by atoms with van der Waals surface area (Å²) in [6.07, 6.45) is 3.73. The lowest BCUT2D eigenvalue weighted by Gasteiger charge is -2.05. The third-order valence-corrected chi connectivity index (χ3v) is 5.68. The van der Waals surface area contributed by atoms with Crippen LogP contribution in [-0.4, -0.2) is 26.5 Å². The fourth-order valence-electron chi connectivity index (χ4n) is 3.21. The molecule has 5 rings (SSSR count). The lowest BCUT2D eigenvalue weighted by Crippen LogP contribution is -2.03. The van der Waals surface area contributed by atoms with E-state index in [2.05, 4.69) is 19.9 Å². The lowest BCUT2D eigenvalue weighted by molar-refractivity contribution is 0.313. The molecule has 0 radical (unpaired) electrons. The summed E-state index contributed by atoms with van der Waals surface area (Å²) in [5, 5.41) is 1.29. The Kier molecular flexibility index (Phi) is 4.59. The third-order valence-electron chi connectivity index (χ3n) is 4.67. The Morgan fingerprint density at radius 2 is 1.90 bits per heavy atom. The number of hydrogen-bond acceptors (Lipinski definition) is 5. The molecule has 5 aromatic rings. The Morgan fingerprint density at radius 1 is 1.00 bits per heavy atom. The van der Waals surface area contributed by atoms with Gasteiger partial charge in [0, 0.05) is 29.1 Å². The van der Waals surface area contributed by atoms with E-state index >= 15 is 0 Å².